The van der Waals surface area contributed by atoms with Gasteiger partial charge in [0.1, 0.15) is 4.53 Å². The number of fused-ring (bicyclic) bond motifs is 3. The van der Waals surface area contributed by atoms with Crippen LogP contribution in [-0.4, -0.2) is 46.4 Å². The van der Waals surface area contributed by atoms with Crippen LogP contribution >= 0.6 is 11.3 Å². The van der Waals surface area contributed by atoms with Crippen molar-refractivity contribution in [2.75, 3.05) is 24.4 Å². The van der Waals surface area contributed by atoms with E-state index in [1.54, 1.807) is 48.2 Å². The van der Waals surface area contributed by atoms with Crippen LogP contribution in [-0.2, 0) is 20.9 Å². The monoisotopic (exact) mass is 564 g/mol. The van der Waals surface area contributed by atoms with Crippen LogP contribution in [0, 0.1) is 0 Å². The molecule has 41 heavy (non-hydrogen) atoms. The largest absolute Gasteiger partial charge is 0.324 e. The van der Waals surface area contributed by atoms with E-state index in [1.807, 2.05) is 60.7 Å². The summed E-state index contributed by atoms with van der Waals surface area (Å²) < 4.78 is 1.47. The number of hydrogen-bond acceptors (Lipinski definition) is 7. The Bertz CT molecular complexity index is 1970. The lowest BCUT2D eigenvalue weighted by molar-refractivity contribution is -0.122. The Morgan fingerprint density at radius 2 is 1.44 bits per heavy atom. The molecule has 7 rings (SSSR count). The summed E-state index contributed by atoms with van der Waals surface area (Å²) >= 11 is 1.05. The van der Waals surface area contributed by atoms with Gasteiger partial charge in [0, 0.05) is 37.7 Å². The number of nitrogens with zero attached hydrogens (tertiary/aromatic N) is 5. The van der Waals surface area contributed by atoms with Crippen LogP contribution in [0.2, 0.25) is 0 Å². The summed E-state index contributed by atoms with van der Waals surface area (Å²) in [7, 11) is 3.37. The number of hydrogen-bond donors (Lipinski definition) is 1. The number of amides is 4. The fraction of sp³-hybridized carbons (Fsp3) is 0.167. The van der Waals surface area contributed by atoms with Gasteiger partial charge in [-0.25, -0.2) is 14.7 Å². The molecule has 0 unspecified atom stereocenters. The fourth-order valence-electron chi connectivity index (χ4n) is 6.32. The van der Waals surface area contributed by atoms with Crippen LogP contribution in [0.5, 0.6) is 0 Å². The number of thiazole rings is 1. The van der Waals surface area contributed by atoms with Crippen LogP contribution < -0.4 is 25.2 Å². The Morgan fingerprint density at radius 1 is 0.829 bits per heavy atom. The molecule has 0 radical (unpaired) electrons. The number of urea groups is 1. The summed E-state index contributed by atoms with van der Waals surface area (Å²) in [5, 5.41) is 0. The average molecular weight is 565 g/mol. The van der Waals surface area contributed by atoms with Crippen LogP contribution in [0.4, 0.5) is 10.5 Å². The highest BCUT2D eigenvalue weighted by Crippen LogP contribution is 2.53. The van der Waals surface area contributed by atoms with Gasteiger partial charge in [-0.2, -0.15) is 4.68 Å². The number of benzene rings is 3. The molecule has 1 fully saturated rings. The van der Waals surface area contributed by atoms with Gasteiger partial charge in [0.2, 0.25) is 22.0 Å². The maximum atomic E-state index is 14.2. The van der Waals surface area contributed by atoms with Crippen molar-refractivity contribution in [2.24, 2.45) is 4.99 Å². The van der Waals surface area contributed by atoms with E-state index in [0.29, 0.717) is 11.3 Å². The van der Waals surface area contributed by atoms with Gasteiger partial charge in [-0.05, 0) is 6.07 Å². The number of para-hydroxylation sites is 1. The first-order valence-corrected chi connectivity index (χ1v) is 13.8. The van der Waals surface area contributed by atoms with Gasteiger partial charge >= 0.3 is 6.03 Å². The summed E-state index contributed by atoms with van der Waals surface area (Å²) in [6.07, 6.45) is 0. The number of anilines is 1. The number of imide groups is 1. The minimum Gasteiger partial charge on any atom is -0.295 e. The number of aromatic nitrogens is 1. The van der Waals surface area contributed by atoms with Crippen molar-refractivity contribution < 1.29 is 14.4 Å². The molecule has 0 spiro atoms. The molecule has 3 aromatic carbocycles. The predicted molar refractivity (Wildman–Crippen MR) is 153 cm³/mol. The maximum absolute atomic E-state index is 14.2. The molecule has 1 saturated heterocycles. The maximum Gasteiger partial charge on any atom is 0.324 e. The first kappa shape index (κ1) is 25.0. The second kappa shape index (κ2) is 8.48. The number of likely N-dealkylation sites (N-methyl/N-ethyl adjacent to an activating group) is 2. The molecule has 4 heterocycles. The molecule has 0 bridgehead atoms. The minimum absolute atomic E-state index is 0.148. The fourth-order valence-corrected chi connectivity index (χ4v) is 7.37. The molecule has 4 amide bonds. The van der Waals surface area contributed by atoms with Crippen molar-refractivity contribution in [3.05, 3.63) is 121 Å². The SMILES string of the molecule is CC(=O)N1C(=O)/C(=c2\sc3n(c2=O)N[C@]2(c4ccccc4)N(C)C(=O)N(C)[C@]2(c2ccccc2)N=3)c2ccccc21. The van der Waals surface area contributed by atoms with Crippen molar-refractivity contribution in [1.82, 2.24) is 14.5 Å². The number of carbonyl (C=O) groups is 3. The lowest BCUT2D eigenvalue weighted by atomic mass is 9.80. The van der Waals surface area contributed by atoms with E-state index in [-0.39, 0.29) is 20.9 Å². The van der Waals surface area contributed by atoms with E-state index in [2.05, 4.69) is 5.43 Å². The van der Waals surface area contributed by atoms with Gasteiger partial charge in [0.25, 0.3) is 11.5 Å². The van der Waals surface area contributed by atoms with Gasteiger partial charge in [0.05, 0.1) is 11.3 Å². The average Bonchev–Trinajstić information content (AvgIpc) is 3.52. The Hall–Kier alpha value is -5.03. The number of rotatable bonds is 2. The molecule has 2 atom stereocenters. The van der Waals surface area contributed by atoms with E-state index in [0.717, 1.165) is 27.4 Å². The van der Waals surface area contributed by atoms with Crippen LogP contribution in [0.25, 0.3) is 5.57 Å². The molecule has 10 nitrogen and oxygen atoms in total. The van der Waals surface area contributed by atoms with Gasteiger partial charge in [-0.1, -0.05) is 90.2 Å². The third-order valence-electron chi connectivity index (χ3n) is 8.12. The van der Waals surface area contributed by atoms with E-state index >= 15 is 0 Å². The minimum atomic E-state index is -1.33. The number of nitrogens with one attached hydrogen (secondary N) is 1. The lowest BCUT2D eigenvalue weighted by Gasteiger charge is -2.49. The Kier molecular flexibility index (Phi) is 5.17. The summed E-state index contributed by atoms with van der Waals surface area (Å²) in [6.45, 7) is 1.32. The number of carbonyl (C=O) groups excluding carboxylic acids is 3. The predicted octanol–water partition coefficient (Wildman–Crippen LogP) is 1.88. The summed E-state index contributed by atoms with van der Waals surface area (Å²) in [4.78, 5) is 63.6. The molecule has 0 aliphatic carbocycles. The van der Waals surface area contributed by atoms with E-state index < -0.39 is 28.7 Å². The highest BCUT2D eigenvalue weighted by molar-refractivity contribution is 7.07. The van der Waals surface area contributed by atoms with Gasteiger partial charge in [-0.3, -0.25) is 29.6 Å². The van der Waals surface area contributed by atoms with Gasteiger partial charge in [0.15, 0.2) is 0 Å². The molecule has 204 valence electrons. The Balaban J connectivity index is 1.61. The molecular weight excluding hydrogens is 540 g/mol. The third kappa shape index (κ3) is 2.98. The molecule has 3 aliphatic rings. The Morgan fingerprint density at radius 3 is 2.10 bits per heavy atom. The summed E-state index contributed by atoms with van der Waals surface area (Å²) in [5.74, 6) is -1.00. The standard InChI is InChI=1S/C30H24N6O4S/c1-18(37)35-22-17-11-10-16-21(22)23(25(35)38)24-26(39)36-27(41-24)31-29(19-12-6-4-7-13-19)30(32-36,20-14-8-5-9-15-20)34(3)28(40)33(29)2/h4-17,32H,1-3H3/b24-23-/t29-,30+/m0/s1. The van der Waals surface area contributed by atoms with E-state index in [9.17, 15) is 19.2 Å². The smallest absolute Gasteiger partial charge is 0.295 e. The molecule has 0 saturated carbocycles. The normalized spacial score (nSPS) is 24.0. The van der Waals surface area contributed by atoms with Crippen molar-refractivity contribution in [3.8, 4) is 0 Å². The van der Waals surface area contributed by atoms with E-state index in [4.69, 9.17) is 4.99 Å². The lowest BCUT2D eigenvalue weighted by Crippen LogP contribution is -2.67. The zero-order valence-electron chi connectivity index (χ0n) is 22.4. The second-order valence-corrected chi connectivity index (χ2v) is 11.1. The van der Waals surface area contributed by atoms with Gasteiger partial charge in [-0.15, -0.1) is 0 Å². The zero-order chi connectivity index (χ0) is 28.7. The molecule has 11 heteroatoms. The highest BCUT2D eigenvalue weighted by atomic mass is 32.1. The molecule has 3 aliphatic heterocycles. The molecule has 1 aromatic heterocycles. The molecular formula is C30H24N6O4S. The van der Waals surface area contributed by atoms with Crippen LogP contribution in [0.15, 0.2) is 94.7 Å². The van der Waals surface area contributed by atoms with Crippen LogP contribution in [0.3, 0.4) is 0 Å². The Labute approximate surface area is 238 Å². The first-order valence-electron chi connectivity index (χ1n) is 13.0. The summed E-state index contributed by atoms with van der Waals surface area (Å²) in [6, 6.07) is 25.5. The highest BCUT2D eigenvalue weighted by Gasteiger charge is 2.69. The molecule has 4 aromatic rings. The van der Waals surface area contributed by atoms with Crippen LogP contribution in [0.1, 0.15) is 23.6 Å². The quantitative estimate of drug-likeness (QED) is 0.400. The van der Waals surface area contributed by atoms with Gasteiger partial charge < -0.3 is 0 Å². The van der Waals surface area contributed by atoms with Crippen molar-refractivity contribution in [2.45, 2.75) is 18.2 Å². The topological polar surface area (TPSA) is 107 Å². The molecule has 1 N–H and O–H groups in total. The van der Waals surface area contributed by atoms with Crippen molar-refractivity contribution in [1.29, 1.82) is 0 Å². The third-order valence-corrected chi connectivity index (χ3v) is 9.16. The van der Waals surface area contributed by atoms with Crippen molar-refractivity contribution in [3.63, 3.8) is 0 Å². The second-order valence-electron chi connectivity index (χ2n) is 10.1. The first-order chi connectivity index (χ1) is 19.7. The van der Waals surface area contributed by atoms with Crippen molar-refractivity contribution >= 4 is 40.4 Å². The summed E-state index contributed by atoms with van der Waals surface area (Å²) in [5.41, 5.74) is 2.81. The van der Waals surface area contributed by atoms with E-state index in [1.165, 1.54) is 11.6 Å². The zero-order valence-corrected chi connectivity index (χ0v) is 23.2.